The van der Waals surface area contributed by atoms with E-state index >= 15 is 0 Å². The number of nitrogens with zero attached hydrogens (tertiary/aromatic N) is 2. The summed E-state index contributed by atoms with van der Waals surface area (Å²) in [7, 11) is -3.55. The van der Waals surface area contributed by atoms with Gasteiger partial charge in [-0.25, -0.2) is 13.1 Å². The molecule has 1 fully saturated rings. The van der Waals surface area contributed by atoms with Crippen molar-refractivity contribution in [3.8, 4) is 0 Å². The molecule has 0 aliphatic carbocycles. The summed E-state index contributed by atoms with van der Waals surface area (Å²) < 4.78 is 27.6. The van der Waals surface area contributed by atoms with E-state index in [1.54, 1.807) is 46.7 Å². The van der Waals surface area contributed by atoms with Crippen LogP contribution in [0.2, 0.25) is 0 Å². The maximum atomic E-state index is 12.6. The molecular weight excluding hydrogens is 414 g/mol. The highest BCUT2D eigenvalue weighted by Crippen LogP contribution is 2.23. The molecule has 1 aromatic heterocycles. The highest BCUT2D eigenvalue weighted by atomic mass is 32.2. The van der Waals surface area contributed by atoms with Crippen molar-refractivity contribution in [3.63, 3.8) is 0 Å². The molecule has 29 heavy (non-hydrogen) atoms. The average molecular weight is 434 g/mol. The van der Waals surface area contributed by atoms with E-state index < -0.39 is 21.8 Å². The predicted molar refractivity (Wildman–Crippen MR) is 106 cm³/mol. The van der Waals surface area contributed by atoms with Gasteiger partial charge in [-0.3, -0.25) is 19.3 Å². The van der Waals surface area contributed by atoms with E-state index in [1.165, 1.54) is 0 Å². The van der Waals surface area contributed by atoms with Crippen LogP contribution in [0.15, 0.2) is 46.0 Å². The molecule has 152 valence electrons. The molecular formula is C19H19N3O5S2. The predicted octanol–water partition coefficient (Wildman–Crippen LogP) is 1.31. The Hall–Kier alpha value is -2.56. The Morgan fingerprint density at radius 1 is 1.03 bits per heavy atom. The van der Waals surface area contributed by atoms with Gasteiger partial charge < -0.3 is 4.90 Å². The van der Waals surface area contributed by atoms with Gasteiger partial charge in [0, 0.05) is 19.1 Å². The first-order valence-corrected chi connectivity index (χ1v) is 11.5. The maximum Gasteiger partial charge on any atom is 0.262 e. The molecule has 0 unspecified atom stereocenters. The van der Waals surface area contributed by atoms with Crippen LogP contribution in [0.4, 0.5) is 0 Å². The van der Waals surface area contributed by atoms with Crippen molar-refractivity contribution in [2.24, 2.45) is 0 Å². The Labute approximate surface area is 172 Å². The summed E-state index contributed by atoms with van der Waals surface area (Å²) in [6.07, 6.45) is 0.941. The molecule has 10 heteroatoms. The number of thiophene rings is 1. The number of hydrogen-bond acceptors (Lipinski definition) is 6. The third-order valence-corrected chi connectivity index (χ3v) is 8.02. The Kier molecular flexibility index (Phi) is 5.24. The lowest BCUT2D eigenvalue weighted by Crippen LogP contribution is -2.49. The number of fused-ring (bicyclic) bond motifs is 1. The van der Waals surface area contributed by atoms with Crippen molar-refractivity contribution in [2.75, 3.05) is 19.6 Å². The van der Waals surface area contributed by atoms with Crippen LogP contribution in [-0.2, 0) is 14.8 Å². The number of amides is 3. The van der Waals surface area contributed by atoms with E-state index in [0.29, 0.717) is 37.1 Å². The molecule has 0 atom stereocenters. The number of piperidine rings is 1. The lowest BCUT2D eigenvalue weighted by molar-refractivity contribution is -0.132. The van der Waals surface area contributed by atoms with Crippen LogP contribution in [0.1, 0.15) is 33.6 Å². The van der Waals surface area contributed by atoms with Gasteiger partial charge >= 0.3 is 0 Å². The summed E-state index contributed by atoms with van der Waals surface area (Å²) >= 11 is 1.15. The Morgan fingerprint density at radius 2 is 1.66 bits per heavy atom. The first-order valence-electron chi connectivity index (χ1n) is 9.15. The molecule has 3 heterocycles. The Morgan fingerprint density at radius 3 is 2.21 bits per heavy atom. The van der Waals surface area contributed by atoms with Crippen LogP contribution in [0, 0.1) is 0 Å². The summed E-state index contributed by atoms with van der Waals surface area (Å²) in [4.78, 5) is 40.0. The molecule has 0 saturated carbocycles. The van der Waals surface area contributed by atoms with Crippen molar-refractivity contribution in [1.82, 2.24) is 14.5 Å². The first-order chi connectivity index (χ1) is 13.9. The highest BCUT2D eigenvalue weighted by Gasteiger charge is 2.37. The third kappa shape index (κ3) is 3.83. The maximum absolute atomic E-state index is 12.6. The van der Waals surface area contributed by atoms with E-state index in [0.717, 1.165) is 16.2 Å². The van der Waals surface area contributed by atoms with Crippen LogP contribution < -0.4 is 4.72 Å². The van der Waals surface area contributed by atoms with Crippen molar-refractivity contribution < 1.29 is 22.8 Å². The van der Waals surface area contributed by atoms with E-state index in [2.05, 4.69) is 4.72 Å². The number of benzene rings is 1. The van der Waals surface area contributed by atoms with Crippen molar-refractivity contribution >= 4 is 39.1 Å². The minimum absolute atomic E-state index is 0.259. The number of hydrogen-bond donors (Lipinski definition) is 1. The fourth-order valence-electron chi connectivity index (χ4n) is 3.56. The zero-order valence-electron chi connectivity index (χ0n) is 15.4. The molecule has 4 rings (SSSR count). The molecule has 1 saturated heterocycles. The van der Waals surface area contributed by atoms with Crippen LogP contribution in [-0.4, -0.2) is 61.6 Å². The summed E-state index contributed by atoms with van der Waals surface area (Å²) in [6, 6.07) is 9.48. The molecule has 0 bridgehead atoms. The molecule has 1 aromatic carbocycles. The van der Waals surface area contributed by atoms with Crippen molar-refractivity contribution in [2.45, 2.75) is 23.1 Å². The molecule has 1 N–H and O–H groups in total. The lowest BCUT2D eigenvalue weighted by Gasteiger charge is -2.32. The fourth-order valence-corrected chi connectivity index (χ4v) is 5.87. The van der Waals surface area contributed by atoms with E-state index in [4.69, 9.17) is 0 Å². The molecule has 2 aromatic rings. The number of imide groups is 1. The molecule has 0 spiro atoms. The van der Waals surface area contributed by atoms with Crippen LogP contribution in [0.3, 0.4) is 0 Å². The number of nitrogens with one attached hydrogen (secondary N) is 1. The van der Waals surface area contributed by atoms with Gasteiger partial charge in [0.2, 0.25) is 15.9 Å². The smallest absolute Gasteiger partial charge is 0.262 e. The second-order valence-corrected chi connectivity index (χ2v) is 9.84. The zero-order chi connectivity index (χ0) is 20.6. The third-order valence-electron chi connectivity index (χ3n) is 5.10. The van der Waals surface area contributed by atoms with E-state index in [9.17, 15) is 22.8 Å². The molecule has 2 aliphatic rings. The normalized spacial score (nSPS) is 17.7. The number of likely N-dealkylation sites (tertiary alicyclic amines) is 1. The SMILES string of the molecule is O=C(CN1C(=O)c2ccccc2C1=O)N1CCC(NS(=O)(=O)c2cccs2)CC1. The quantitative estimate of drug-likeness (QED) is 0.716. The van der Waals surface area contributed by atoms with Crippen molar-refractivity contribution in [3.05, 3.63) is 52.9 Å². The van der Waals surface area contributed by atoms with E-state index in [-0.39, 0.29) is 22.7 Å². The summed E-state index contributed by atoms with van der Waals surface area (Å²) in [5.41, 5.74) is 0.624. The number of carbonyl (C=O) groups is 3. The zero-order valence-corrected chi connectivity index (χ0v) is 17.0. The minimum Gasteiger partial charge on any atom is -0.341 e. The van der Waals surface area contributed by atoms with Gasteiger partial charge in [0.05, 0.1) is 11.1 Å². The van der Waals surface area contributed by atoms with Crippen LogP contribution >= 0.6 is 11.3 Å². The van der Waals surface area contributed by atoms with Crippen molar-refractivity contribution in [1.29, 1.82) is 0 Å². The average Bonchev–Trinajstić information content (AvgIpc) is 3.33. The van der Waals surface area contributed by atoms with Gasteiger partial charge in [-0.15, -0.1) is 11.3 Å². The molecule has 0 radical (unpaired) electrons. The summed E-state index contributed by atoms with van der Waals surface area (Å²) in [5, 5.41) is 1.70. The number of carbonyl (C=O) groups excluding carboxylic acids is 3. The highest BCUT2D eigenvalue weighted by molar-refractivity contribution is 7.91. The summed E-state index contributed by atoms with van der Waals surface area (Å²) in [5.74, 6) is -1.24. The standard InChI is InChI=1S/C19H19N3O5S2/c23-16(12-22-18(24)14-4-1-2-5-15(14)19(22)25)21-9-7-13(8-10-21)20-29(26,27)17-6-3-11-28-17/h1-6,11,13,20H,7-10,12H2. The van der Waals surface area contributed by atoms with Gasteiger partial charge in [0.15, 0.2) is 0 Å². The fraction of sp³-hybridized carbons (Fsp3) is 0.316. The monoisotopic (exact) mass is 433 g/mol. The second kappa shape index (κ2) is 7.69. The largest absolute Gasteiger partial charge is 0.341 e. The van der Waals surface area contributed by atoms with Crippen LogP contribution in [0.5, 0.6) is 0 Å². The molecule has 2 aliphatic heterocycles. The number of sulfonamides is 1. The molecule has 8 nitrogen and oxygen atoms in total. The van der Waals surface area contributed by atoms with Gasteiger partial charge in [-0.2, -0.15) is 0 Å². The lowest BCUT2D eigenvalue weighted by atomic mass is 10.1. The Bertz CT molecular complexity index is 1020. The van der Waals surface area contributed by atoms with Gasteiger partial charge in [0.25, 0.3) is 11.8 Å². The first kappa shape index (κ1) is 19.7. The van der Waals surface area contributed by atoms with Crippen LogP contribution in [0.25, 0.3) is 0 Å². The second-order valence-electron chi connectivity index (χ2n) is 6.95. The van der Waals surface area contributed by atoms with Gasteiger partial charge in [-0.1, -0.05) is 18.2 Å². The van der Waals surface area contributed by atoms with Gasteiger partial charge in [-0.05, 0) is 36.4 Å². The molecule has 3 amide bonds. The number of rotatable bonds is 5. The minimum atomic E-state index is -3.55. The summed E-state index contributed by atoms with van der Waals surface area (Å²) in [6.45, 7) is 0.414. The Balaban J connectivity index is 1.33. The van der Waals surface area contributed by atoms with Gasteiger partial charge in [0.1, 0.15) is 10.8 Å². The van der Waals surface area contributed by atoms with E-state index in [1.807, 2.05) is 0 Å². The topological polar surface area (TPSA) is 104 Å².